The average Bonchev–Trinajstić information content (AvgIpc) is 2.74. The first-order chi connectivity index (χ1) is 14.8. The van der Waals surface area contributed by atoms with Gasteiger partial charge in [-0.3, -0.25) is 9.69 Å². The molecule has 1 N–H and O–H groups in total. The molecule has 3 aromatic rings. The van der Waals surface area contributed by atoms with E-state index in [-0.39, 0.29) is 23.7 Å². The summed E-state index contributed by atoms with van der Waals surface area (Å²) in [7, 11) is 1.47. The molecule has 162 valence electrons. The molecule has 1 aromatic heterocycles. The van der Waals surface area contributed by atoms with Crippen molar-refractivity contribution in [1.82, 2.24) is 14.9 Å². The second-order valence-electron chi connectivity index (χ2n) is 7.30. The Bertz CT molecular complexity index is 1160. The fraction of sp³-hybridized carbons (Fsp3) is 0.273. The molecule has 0 atom stereocenters. The highest BCUT2D eigenvalue weighted by atomic mass is 19.4. The number of alkyl halides is 3. The molecule has 2 aromatic carbocycles. The van der Waals surface area contributed by atoms with Crippen LogP contribution >= 0.6 is 0 Å². The highest BCUT2D eigenvalue weighted by Gasteiger charge is 2.30. The van der Waals surface area contributed by atoms with Crippen molar-refractivity contribution in [3.63, 3.8) is 0 Å². The molecule has 4 rings (SSSR count). The van der Waals surface area contributed by atoms with Gasteiger partial charge in [-0.15, -0.1) is 0 Å². The summed E-state index contributed by atoms with van der Waals surface area (Å²) in [4.78, 5) is 21.6. The van der Waals surface area contributed by atoms with E-state index in [0.29, 0.717) is 47.6 Å². The fourth-order valence-corrected chi connectivity index (χ4v) is 3.69. The predicted octanol–water partition coefficient (Wildman–Crippen LogP) is 4.16. The minimum atomic E-state index is -4.44. The summed E-state index contributed by atoms with van der Waals surface area (Å²) < 4.78 is 57.9. The number of ether oxygens (including phenoxy) is 1. The van der Waals surface area contributed by atoms with Gasteiger partial charge in [0.05, 0.1) is 18.4 Å². The number of nitrogens with one attached hydrogen (secondary N) is 1. The van der Waals surface area contributed by atoms with Crippen LogP contribution in [-0.2, 0) is 25.7 Å². The summed E-state index contributed by atoms with van der Waals surface area (Å²) >= 11 is 0. The number of nitrogens with zero attached hydrogens (tertiary/aromatic N) is 2. The summed E-state index contributed by atoms with van der Waals surface area (Å²) in [6.07, 6.45) is -4.01. The van der Waals surface area contributed by atoms with E-state index in [9.17, 15) is 22.4 Å². The molecule has 0 radical (unpaired) electrons. The lowest BCUT2D eigenvalue weighted by Crippen LogP contribution is -2.35. The SMILES string of the molecule is COc1cccc(F)c1CN1CCc2c(nc(-c3ccc(C(F)(F)F)cc3)[nH]c2=O)C1. The number of benzene rings is 2. The number of fused-ring (bicyclic) bond motifs is 1. The van der Waals surface area contributed by atoms with Crippen molar-refractivity contribution in [3.8, 4) is 17.1 Å². The third kappa shape index (κ3) is 4.32. The summed E-state index contributed by atoms with van der Waals surface area (Å²) in [6.45, 7) is 1.12. The highest BCUT2D eigenvalue weighted by Crippen LogP contribution is 2.31. The molecular formula is C22H19F4N3O2. The van der Waals surface area contributed by atoms with Crippen molar-refractivity contribution < 1.29 is 22.3 Å². The van der Waals surface area contributed by atoms with Crippen molar-refractivity contribution in [2.75, 3.05) is 13.7 Å². The topological polar surface area (TPSA) is 58.2 Å². The standard InChI is InChI=1S/C22H19F4N3O2/c1-31-19-4-2-3-17(23)16(19)11-29-10-9-15-18(12-29)27-20(28-21(15)30)13-5-7-14(8-6-13)22(24,25)26/h2-8H,9-12H2,1H3,(H,27,28,30). The van der Waals surface area contributed by atoms with Crippen molar-refractivity contribution in [1.29, 1.82) is 0 Å². The smallest absolute Gasteiger partial charge is 0.416 e. The maximum atomic E-state index is 14.3. The Labute approximate surface area is 175 Å². The molecule has 1 aliphatic rings. The molecule has 0 aliphatic carbocycles. The highest BCUT2D eigenvalue weighted by molar-refractivity contribution is 5.56. The molecule has 9 heteroatoms. The van der Waals surface area contributed by atoms with Gasteiger partial charge < -0.3 is 9.72 Å². The Kier molecular flexibility index (Phi) is 5.53. The van der Waals surface area contributed by atoms with E-state index in [1.807, 2.05) is 4.90 Å². The van der Waals surface area contributed by atoms with Crippen LogP contribution in [0, 0.1) is 5.82 Å². The van der Waals surface area contributed by atoms with Crippen molar-refractivity contribution in [2.24, 2.45) is 0 Å². The Morgan fingerprint density at radius 2 is 1.90 bits per heavy atom. The minimum absolute atomic E-state index is 0.197. The molecule has 2 heterocycles. The summed E-state index contributed by atoms with van der Waals surface area (Å²) in [6, 6.07) is 9.07. The fourth-order valence-electron chi connectivity index (χ4n) is 3.69. The molecular weight excluding hydrogens is 414 g/mol. The summed E-state index contributed by atoms with van der Waals surface area (Å²) in [5, 5.41) is 0. The van der Waals surface area contributed by atoms with Gasteiger partial charge in [-0.1, -0.05) is 18.2 Å². The van der Waals surface area contributed by atoms with Crippen molar-refractivity contribution >= 4 is 0 Å². The molecule has 1 aliphatic heterocycles. The molecule has 0 fully saturated rings. The van der Waals surface area contributed by atoms with Gasteiger partial charge in [0, 0.05) is 36.3 Å². The average molecular weight is 433 g/mol. The summed E-state index contributed by atoms with van der Waals surface area (Å²) in [5.74, 6) is 0.257. The summed E-state index contributed by atoms with van der Waals surface area (Å²) in [5.41, 5.74) is 0.763. The number of halogens is 4. The molecule has 0 spiro atoms. The van der Waals surface area contributed by atoms with Crippen LogP contribution in [-0.4, -0.2) is 28.5 Å². The van der Waals surface area contributed by atoms with E-state index < -0.39 is 11.7 Å². The van der Waals surface area contributed by atoms with E-state index >= 15 is 0 Å². The van der Waals surface area contributed by atoms with Crippen LogP contribution in [0.5, 0.6) is 5.75 Å². The first kappa shape index (κ1) is 21.0. The van der Waals surface area contributed by atoms with Crippen LogP contribution in [0.3, 0.4) is 0 Å². The first-order valence-electron chi connectivity index (χ1n) is 9.59. The quantitative estimate of drug-likeness (QED) is 0.628. The molecule has 5 nitrogen and oxygen atoms in total. The molecule has 31 heavy (non-hydrogen) atoms. The van der Waals surface area contributed by atoms with E-state index in [0.717, 1.165) is 12.1 Å². The number of rotatable bonds is 4. The number of hydrogen-bond acceptors (Lipinski definition) is 4. The monoisotopic (exact) mass is 433 g/mol. The zero-order valence-corrected chi connectivity index (χ0v) is 16.6. The lowest BCUT2D eigenvalue weighted by atomic mass is 10.0. The van der Waals surface area contributed by atoms with Gasteiger partial charge in [-0.2, -0.15) is 13.2 Å². The zero-order chi connectivity index (χ0) is 22.2. The maximum Gasteiger partial charge on any atom is 0.416 e. The van der Waals surface area contributed by atoms with E-state index in [4.69, 9.17) is 4.74 Å². The molecule has 0 bridgehead atoms. The Morgan fingerprint density at radius 3 is 2.58 bits per heavy atom. The number of hydrogen-bond donors (Lipinski definition) is 1. The minimum Gasteiger partial charge on any atom is -0.496 e. The molecule has 0 amide bonds. The van der Waals surface area contributed by atoms with E-state index in [2.05, 4.69) is 9.97 Å². The van der Waals surface area contributed by atoms with Gasteiger partial charge in [0.2, 0.25) is 0 Å². The van der Waals surface area contributed by atoms with Crippen LogP contribution in [0.2, 0.25) is 0 Å². The van der Waals surface area contributed by atoms with E-state index in [1.165, 1.54) is 25.3 Å². The Hall–Kier alpha value is -3.20. The first-order valence-corrected chi connectivity index (χ1v) is 9.59. The van der Waals surface area contributed by atoms with Crippen LogP contribution in [0.15, 0.2) is 47.3 Å². The number of aromatic nitrogens is 2. The molecule has 0 saturated heterocycles. The largest absolute Gasteiger partial charge is 0.496 e. The van der Waals surface area contributed by atoms with Crippen molar-refractivity contribution in [2.45, 2.75) is 25.7 Å². The van der Waals surface area contributed by atoms with Crippen LogP contribution in [0.1, 0.15) is 22.4 Å². The van der Waals surface area contributed by atoms with Gasteiger partial charge in [0.15, 0.2) is 0 Å². The van der Waals surface area contributed by atoms with Gasteiger partial charge in [0.1, 0.15) is 17.4 Å². The number of H-pyrrole nitrogens is 1. The Morgan fingerprint density at radius 1 is 1.16 bits per heavy atom. The predicted molar refractivity (Wildman–Crippen MR) is 106 cm³/mol. The second kappa shape index (κ2) is 8.14. The maximum absolute atomic E-state index is 14.3. The third-order valence-corrected chi connectivity index (χ3v) is 5.32. The van der Waals surface area contributed by atoms with Gasteiger partial charge in [-0.25, -0.2) is 9.37 Å². The Balaban J connectivity index is 1.61. The van der Waals surface area contributed by atoms with Crippen LogP contribution in [0.25, 0.3) is 11.4 Å². The van der Waals surface area contributed by atoms with Gasteiger partial charge in [-0.05, 0) is 30.7 Å². The van der Waals surface area contributed by atoms with E-state index in [1.54, 1.807) is 12.1 Å². The van der Waals surface area contributed by atoms with Crippen molar-refractivity contribution in [3.05, 3.63) is 81.0 Å². The van der Waals surface area contributed by atoms with Gasteiger partial charge in [0.25, 0.3) is 5.56 Å². The number of aromatic amines is 1. The lowest BCUT2D eigenvalue weighted by Gasteiger charge is -2.28. The molecule has 0 unspecified atom stereocenters. The molecule has 0 saturated carbocycles. The normalized spacial score (nSPS) is 14.4. The van der Waals surface area contributed by atoms with Gasteiger partial charge >= 0.3 is 6.18 Å². The van der Waals surface area contributed by atoms with Crippen LogP contribution in [0.4, 0.5) is 17.6 Å². The third-order valence-electron chi connectivity index (χ3n) is 5.32. The van der Waals surface area contributed by atoms with Crippen LogP contribution < -0.4 is 10.3 Å². The number of methoxy groups -OCH3 is 1. The second-order valence-corrected chi connectivity index (χ2v) is 7.30. The zero-order valence-electron chi connectivity index (χ0n) is 16.6. The lowest BCUT2D eigenvalue weighted by molar-refractivity contribution is -0.137.